The van der Waals surface area contributed by atoms with E-state index in [1.165, 1.54) is 0 Å². The van der Waals surface area contributed by atoms with Crippen molar-refractivity contribution in [3.63, 3.8) is 0 Å². The number of amides is 1. The largest absolute Gasteiger partial charge is 0.363 e. The summed E-state index contributed by atoms with van der Waals surface area (Å²) in [5.41, 5.74) is 1.65. The van der Waals surface area contributed by atoms with Crippen molar-refractivity contribution in [2.75, 3.05) is 38.6 Å². The summed E-state index contributed by atoms with van der Waals surface area (Å²) < 4.78 is 0. The molecule has 1 atom stereocenters. The molecule has 5 nitrogen and oxygen atoms in total. The summed E-state index contributed by atoms with van der Waals surface area (Å²) in [5.74, 6) is 0.831. The van der Waals surface area contributed by atoms with Crippen LogP contribution in [0, 0.1) is 0 Å². The number of carbonyl (C=O) groups is 1. The first kappa shape index (κ1) is 16.7. The van der Waals surface area contributed by atoms with Crippen molar-refractivity contribution in [2.24, 2.45) is 0 Å². The highest BCUT2D eigenvalue weighted by Crippen LogP contribution is 2.26. The lowest BCUT2D eigenvalue weighted by molar-refractivity contribution is 0.0634. The Morgan fingerprint density at radius 1 is 1.33 bits per heavy atom. The summed E-state index contributed by atoms with van der Waals surface area (Å²) in [7, 11) is 3.85. The van der Waals surface area contributed by atoms with E-state index in [9.17, 15) is 4.79 Å². The van der Waals surface area contributed by atoms with Crippen molar-refractivity contribution in [3.8, 4) is 0 Å². The van der Waals surface area contributed by atoms with Crippen molar-refractivity contribution < 1.29 is 4.79 Å². The SMILES string of the molecule is CN(C)c1ccc(C(=O)N2CCNCC2c2cccc(Cl)c2)cn1. The Hall–Kier alpha value is -2.11. The van der Waals surface area contributed by atoms with Crippen LogP contribution in [0.15, 0.2) is 42.6 Å². The van der Waals surface area contributed by atoms with E-state index in [1.54, 1.807) is 6.20 Å². The van der Waals surface area contributed by atoms with Gasteiger partial charge in [0.15, 0.2) is 0 Å². The third-order valence-corrected chi connectivity index (χ3v) is 4.43. The molecular formula is C18H21ClN4O. The molecule has 1 amide bonds. The third kappa shape index (κ3) is 3.52. The average molecular weight is 345 g/mol. The van der Waals surface area contributed by atoms with Gasteiger partial charge in [-0.25, -0.2) is 4.98 Å². The topological polar surface area (TPSA) is 48.5 Å². The summed E-state index contributed by atoms with van der Waals surface area (Å²) in [6.07, 6.45) is 1.65. The predicted molar refractivity (Wildman–Crippen MR) is 96.7 cm³/mol. The van der Waals surface area contributed by atoms with Gasteiger partial charge in [0, 0.05) is 44.9 Å². The summed E-state index contributed by atoms with van der Waals surface area (Å²) >= 11 is 6.12. The lowest BCUT2D eigenvalue weighted by atomic mass is 10.0. The number of nitrogens with zero attached hydrogens (tertiary/aromatic N) is 3. The number of aromatic nitrogens is 1. The molecule has 1 aliphatic rings. The van der Waals surface area contributed by atoms with Gasteiger partial charge in [-0.3, -0.25) is 4.79 Å². The van der Waals surface area contributed by atoms with Crippen LogP contribution in [-0.2, 0) is 0 Å². The Bertz CT molecular complexity index is 717. The van der Waals surface area contributed by atoms with Crippen molar-refractivity contribution in [1.29, 1.82) is 0 Å². The van der Waals surface area contributed by atoms with Crippen molar-refractivity contribution in [2.45, 2.75) is 6.04 Å². The number of halogens is 1. The number of nitrogens with one attached hydrogen (secondary N) is 1. The first-order valence-corrected chi connectivity index (χ1v) is 8.34. The standard InChI is InChI=1S/C18H21ClN4O/c1-22(2)17-7-6-14(11-21-17)18(24)23-9-8-20-12-16(23)13-4-3-5-15(19)10-13/h3-7,10-11,16,20H,8-9,12H2,1-2H3. The molecule has 1 aromatic carbocycles. The Labute approximate surface area is 147 Å². The molecule has 0 radical (unpaired) electrons. The maximum absolute atomic E-state index is 13.0. The molecule has 1 N–H and O–H groups in total. The minimum atomic E-state index is -0.0292. The van der Waals surface area contributed by atoms with Crippen LogP contribution in [0.2, 0.25) is 5.02 Å². The van der Waals surface area contributed by atoms with Gasteiger partial charge in [-0.05, 0) is 29.8 Å². The highest BCUT2D eigenvalue weighted by atomic mass is 35.5. The number of hydrogen-bond donors (Lipinski definition) is 1. The first-order chi connectivity index (χ1) is 11.6. The summed E-state index contributed by atoms with van der Waals surface area (Å²) in [4.78, 5) is 21.1. The zero-order valence-electron chi connectivity index (χ0n) is 13.9. The van der Waals surface area contributed by atoms with Gasteiger partial charge < -0.3 is 15.1 Å². The van der Waals surface area contributed by atoms with E-state index in [0.717, 1.165) is 24.5 Å². The molecule has 2 heterocycles. The molecule has 3 rings (SSSR count). The van der Waals surface area contributed by atoms with E-state index in [-0.39, 0.29) is 11.9 Å². The monoisotopic (exact) mass is 344 g/mol. The molecule has 126 valence electrons. The van der Waals surface area contributed by atoms with E-state index in [2.05, 4.69) is 10.3 Å². The fraction of sp³-hybridized carbons (Fsp3) is 0.333. The lowest BCUT2D eigenvalue weighted by Crippen LogP contribution is -2.48. The van der Waals surface area contributed by atoms with Crippen molar-refractivity contribution >= 4 is 23.3 Å². The normalized spacial score (nSPS) is 17.6. The average Bonchev–Trinajstić information content (AvgIpc) is 2.61. The minimum absolute atomic E-state index is 0.000665. The fourth-order valence-corrected chi connectivity index (χ4v) is 3.10. The van der Waals surface area contributed by atoms with Gasteiger partial charge in [0.1, 0.15) is 5.82 Å². The first-order valence-electron chi connectivity index (χ1n) is 7.97. The second-order valence-electron chi connectivity index (χ2n) is 6.07. The van der Waals surface area contributed by atoms with Crippen LogP contribution in [0.25, 0.3) is 0 Å². The van der Waals surface area contributed by atoms with Crippen LogP contribution in [0.4, 0.5) is 5.82 Å². The molecule has 6 heteroatoms. The smallest absolute Gasteiger partial charge is 0.256 e. The molecule has 1 aromatic heterocycles. The summed E-state index contributed by atoms with van der Waals surface area (Å²) in [6.45, 7) is 2.16. The van der Waals surface area contributed by atoms with Crippen LogP contribution in [0.3, 0.4) is 0 Å². The number of pyridine rings is 1. The zero-order valence-corrected chi connectivity index (χ0v) is 14.6. The molecule has 24 heavy (non-hydrogen) atoms. The van der Waals surface area contributed by atoms with Crippen LogP contribution in [0.1, 0.15) is 22.0 Å². The zero-order chi connectivity index (χ0) is 17.1. The molecule has 0 saturated carbocycles. The molecule has 0 spiro atoms. The third-order valence-electron chi connectivity index (χ3n) is 4.19. The Morgan fingerprint density at radius 3 is 2.83 bits per heavy atom. The van der Waals surface area contributed by atoms with Gasteiger partial charge in [0.25, 0.3) is 5.91 Å². The van der Waals surface area contributed by atoms with Crippen LogP contribution >= 0.6 is 11.6 Å². The molecule has 1 fully saturated rings. The molecule has 1 saturated heterocycles. The van der Waals surface area contributed by atoms with Crippen molar-refractivity contribution in [3.05, 3.63) is 58.7 Å². The minimum Gasteiger partial charge on any atom is -0.363 e. The van der Waals surface area contributed by atoms with E-state index in [4.69, 9.17) is 11.6 Å². The van der Waals surface area contributed by atoms with E-state index in [0.29, 0.717) is 17.1 Å². The predicted octanol–water partition coefficient (Wildman–Crippen LogP) is 2.59. The van der Waals surface area contributed by atoms with Gasteiger partial charge in [-0.1, -0.05) is 23.7 Å². The second kappa shape index (κ2) is 7.20. The van der Waals surface area contributed by atoms with Crippen LogP contribution in [-0.4, -0.2) is 49.5 Å². The lowest BCUT2D eigenvalue weighted by Gasteiger charge is -2.36. The highest BCUT2D eigenvalue weighted by molar-refractivity contribution is 6.30. The van der Waals surface area contributed by atoms with Crippen molar-refractivity contribution in [1.82, 2.24) is 15.2 Å². The fourth-order valence-electron chi connectivity index (χ4n) is 2.90. The maximum Gasteiger partial charge on any atom is 0.256 e. The van der Waals surface area contributed by atoms with Crippen LogP contribution < -0.4 is 10.2 Å². The summed E-state index contributed by atoms with van der Waals surface area (Å²) in [6, 6.07) is 11.4. The van der Waals surface area contributed by atoms with E-state index < -0.39 is 0 Å². The van der Waals surface area contributed by atoms with Gasteiger partial charge in [0.2, 0.25) is 0 Å². The Morgan fingerprint density at radius 2 is 2.17 bits per heavy atom. The van der Waals surface area contributed by atoms with E-state index >= 15 is 0 Å². The number of hydrogen-bond acceptors (Lipinski definition) is 4. The quantitative estimate of drug-likeness (QED) is 0.929. The molecular weight excluding hydrogens is 324 g/mol. The number of rotatable bonds is 3. The molecule has 0 bridgehead atoms. The number of anilines is 1. The number of carbonyl (C=O) groups excluding carboxylic acids is 1. The second-order valence-corrected chi connectivity index (χ2v) is 6.51. The maximum atomic E-state index is 13.0. The van der Waals surface area contributed by atoms with Gasteiger partial charge in [-0.15, -0.1) is 0 Å². The molecule has 1 unspecified atom stereocenters. The van der Waals surface area contributed by atoms with Gasteiger partial charge in [0.05, 0.1) is 11.6 Å². The number of benzene rings is 1. The molecule has 0 aliphatic carbocycles. The van der Waals surface area contributed by atoms with E-state index in [1.807, 2.05) is 60.3 Å². The Kier molecular flexibility index (Phi) is 5.02. The van der Waals surface area contributed by atoms with Gasteiger partial charge >= 0.3 is 0 Å². The highest BCUT2D eigenvalue weighted by Gasteiger charge is 2.28. The van der Waals surface area contributed by atoms with Gasteiger partial charge in [-0.2, -0.15) is 0 Å². The van der Waals surface area contributed by atoms with Crippen LogP contribution in [0.5, 0.6) is 0 Å². The Balaban J connectivity index is 1.85. The summed E-state index contributed by atoms with van der Waals surface area (Å²) in [5, 5.41) is 4.04. The molecule has 1 aliphatic heterocycles. The number of piperazine rings is 1. The molecule has 2 aromatic rings.